The zero-order valence-electron chi connectivity index (χ0n) is 18.3. The minimum absolute atomic E-state index is 0.0120. The molecule has 3 aromatic heterocycles. The van der Waals surface area contributed by atoms with E-state index in [0.29, 0.717) is 6.07 Å². The van der Waals surface area contributed by atoms with Crippen LogP contribution in [0.25, 0.3) is 5.52 Å². The van der Waals surface area contributed by atoms with E-state index in [4.69, 9.17) is 5.73 Å². The van der Waals surface area contributed by atoms with Gasteiger partial charge in [-0.05, 0) is 35.9 Å². The molecular formula is C25H17F2N5O3. The highest BCUT2D eigenvalue weighted by Crippen LogP contribution is 2.32. The number of carbonyl (C=O) groups is 1. The van der Waals surface area contributed by atoms with E-state index in [1.165, 1.54) is 52.9 Å². The third kappa shape index (κ3) is 4.14. The highest BCUT2D eigenvalue weighted by Gasteiger charge is 2.35. The molecule has 3 heterocycles. The van der Waals surface area contributed by atoms with Gasteiger partial charge >= 0.3 is 0 Å². The van der Waals surface area contributed by atoms with Crippen molar-refractivity contribution in [2.75, 3.05) is 0 Å². The molecule has 3 N–H and O–H groups in total. The molecule has 0 fully saturated rings. The molecule has 8 nitrogen and oxygen atoms in total. The van der Waals surface area contributed by atoms with Crippen molar-refractivity contribution in [3.8, 4) is 17.9 Å². The summed E-state index contributed by atoms with van der Waals surface area (Å²) in [5.74, 6) is 2.74. The second-order valence-corrected chi connectivity index (χ2v) is 7.77. The van der Waals surface area contributed by atoms with E-state index in [9.17, 15) is 28.7 Å². The first-order valence-electron chi connectivity index (χ1n) is 10.2. The number of carbonyl (C=O) groups excluding carboxylic acids is 1. The number of primary amides is 1. The lowest BCUT2D eigenvalue weighted by Crippen LogP contribution is -2.36. The summed E-state index contributed by atoms with van der Waals surface area (Å²) in [4.78, 5) is 24.8. The van der Waals surface area contributed by atoms with Crippen molar-refractivity contribution in [3.05, 3.63) is 105 Å². The maximum absolute atomic E-state index is 14.0. The summed E-state index contributed by atoms with van der Waals surface area (Å²) >= 11 is 0. The third-order valence-electron chi connectivity index (χ3n) is 5.54. The minimum Gasteiger partial charge on any atom is -0.379 e. The van der Waals surface area contributed by atoms with Gasteiger partial charge in [-0.1, -0.05) is 11.8 Å². The number of nitriles is 1. The molecule has 10 heteroatoms. The lowest BCUT2D eigenvalue weighted by Gasteiger charge is -2.27. The van der Waals surface area contributed by atoms with Crippen LogP contribution in [0.1, 0.15) is 39.0 Å². The van der Waals surface area contributed by atoms with Crippen LogP contribution in [-0.4, -0.2) is 25.2 Å². The number of hydrogen-bond donors (Lipinski definition) is 2. The molecule has 0 aliphatic carbocycles. The van der Waals surface area contributed by atoms with E-state index < -0.39 is 35.1 Å². The van der Waals surface area contributed by atoms with Gasteiger partial charge in [0.15, 0.2) is 0 Å². The molecule has 0 radical (unpaired) electrons. The highest BCUT2D eigenvalue weighted by molar-refractivity contribution is 5.98. The van der Waals surface area contributed by atoms with Gasteiger partial charge in [0, 0.05) is 31.9 Å². The topological polar surface area (TPSA) is 126 Å². The Morgan fingerprint density at radius 3 is 2.60 bits per heavy atom. The summed E-state index contributed by atoms with van der Waals surface area (Å²) in [6, 6.07) is 8.66. The van der Waals surface area contributed by atoms with Crippen molar-refractivity contribution in [1.82, 2.24) is 14.2 Å². The zero-order chi connectivity index (χ0) is 25.3. The molecule has 4 aromatic rings. The van der Waals surface area contributed by atoms with Gasteiger partial charge in [-0.3, -0.25) is 9.59 Å². The number of pyridine rings is 2. The molecule has 0 aliphatic heterocycles. The fourth-order valence-electron chi connectivity index (χ4n) is 3.81. The predicted octanol–water partition coefficient (Wildman–Crippen LogP) is 1.96. The number of aryl methyl sites for hydroxylation is 1. The van der Waals surface area contributed by atoms with E-state index in [1.54, 1.807) is 0 Å². The van der Waals surface area contributed by atoms with Crippen molar-refractivity contribution < 1.29 is 18.7 Å². The van der Waals surface area contributed by atoms with Gasteiger partial charge in [0.25, 0.3) is 5.56 Å². The zero-order valence-corrected chi connectivity index (χ0v) is 18.3. The maximum atomic E-state index is 14.0. The average Bonchev–Trinajstić information content (AvgIpc) is 3.23. The quantitative estimate of drug-likeness (QED) is 0.438. The molecule has 0 spiro atoms. The predicted molar refractivity (Wildman–Crippen MR) is 121 cm³/mol. The molecule has 1 amide bonds. The SMILES string of the molecule is Cn1cccc(C(O)(CC#Cc2c(C(N)=O)ccn3ncc(C#N)c23)c2cc(F)cc(F)c2)c1=O. The summed E-state index contributed by atoms with van der Waals surface area (Å²) in [7, 11) is 1.47. The standard InChI is InChI=1S/C25H17F2N5O3/c1-31-8-3-5-21(24(31)34)25(35,16-10-17(26)12-18(27)11-16)7-2-4-19-20(23(29)33)6-9-32-22(19)15(13-28)14-30-32/h3,5-6,8-12,14,35H,7H2,1H3,(H2,29,33). The van der Waals surface area contributed by atoms with Crippen molar-refractivity contribution in [2.24, 2.45) is 12.8 Å². The first kappa shape index (κ1) is 23.4. The van der Waals surface area contributed by atoms with Gasteiger partial charge in [-0.15, -0.1) is 0 Å². The minimum atomic E-state index is -2.21. The summed E-state index contributed by atoms with van der Waals surface area (Å²) in [5, 5.41) is 25.1. The summed E-state index contributed by atoms with van der Waals surface area (Å²) < 4.78 is 30.6. The van der Waals surface area contributed by atoms with Crippen LogP contribution in [0.4, 0.5) is 8.78 Å². The molecular weight excluding hydrogens is 456 g/mol. The second-order valence-electron chi connectivity index (χ2n) is 7.77. The Morgan fingerprint density at radius 1 is 1.23 bits per heavy atom. The van der Waals surface area contributed by atoms with E-state index in [0.717, 1.165) is 12.1 Å². The van der Waals surface area contributed by atoms with Gasteiger partial charge in [0.05, 0.1) is 28.5 Å². The number of hydrogen-bond acceptors (Lipinski definition) is 5. The summed E-state index contributed by atoms with van der Waals surface area (Å²) in [6.45, 7) is 0. The number of nitrogens with two attached hydrogens (primary N) is 1. The summed E-state index contributed by atoms with van der Waals surface area (Å²) in [5.41, 5.74) is 2.77. The Morgan fingerprint density at radius 2 is 1.94 bits per heavy atom. The monoisotopic (exact) mass is 473 g/mol. The van der Waals surface area contributed by atoms with Crippen LogP contribution >= 0.6 is 0 Å². The number of halogens is 2. The molecule has 0 saturated carbocycles. The number of nitrogens with zero attached hydrogens (tertiary/aromatic N) is 4. The largest absolute Gasteiger partial charge is 0.379 e. The van der Waals surface area contributed by atoms with E-state index in [-0.39, 0.29) is 33.3 Å². The Kier molecular flexibility index (Phi) is 5.91. The Balaban J connectivity index is 1.92. The van der Waals surface area contributed by atoms with Crippen LogP contribution in [0, 0.1) is 34.8 Å². The second kappa shape index (κ2) is 8.86. The van der Waals surface area contributed by atoms with E-state index >= 15 is 0 Å². The fourth-order valence-corrected chi connectivity index (χ4v) is 3.81. The lowest BCUT2D eigenvalue weighted by atomic mass is 9.84. The van der Waals surface area contributed by atoms with Crippen molar-refractivity contribution in [3.63, 3.8) is 0 Å². The van der Waals surface area contributed by atoms with Crippen LogP contribution in [0.3, 0.4) is 0 Å². The molecule has 0 bridgehead atoms. The number of rotatable bonds is 4. The van der Waals surface area contributed by atoms with Gasteiger partial charge < -0.3 is 15.4 Å². The van der Waals surface area contributed by atoms with Gasteiger partial charge in [-0.25, -0.2) is 13.3 Å². The normalized spacial score (nSPS) is 12.4. The van der Waals surface area contributed by atoms with Crippen molar-refractivity contribution in [1.29, 1.82) is 5.26 Å². The van der Waals surface area contributed by atoms with Gasteiger partial charge in [0.2, 0.25) is 5.91 Å². The number of benzene rings is 1. The maximum Gasteiger partial charge on any atom is 0.256 e. The molecule has 4 rings (SSSR count). The Bertz CT molecular complexity index is 1640. The smallest absolute Gasteiger partial charge is 0.256 e. The van der Waals surface area contributed by atoms with Crippen LogP contribution in [0.15, 0.2) is 59.8 Å². The van der Waals surface area contributed by atoms with Crippen LogP contribution in [-0.2, 0) is 12.6 Å². The molecule has 1 atom stereocenters. The first-order valence-corrected chi connectivity index (χ1v) is 10.2. The van der Waals surface area contributed by atoms with Crippen LogP contribution < -0.4 is 11.3 Å². The van der Waals surface area contributed by atoms with Crippen molar-refractivity contribution >= 4 is 11.4 Å². The summed E-state index contributed by atoms with van der Waals surface area (Å²) in [6.07, 6.45) is 3.73. The molecule has 1 aromatic carbocycles. The van der Waals surface area contributed by atoms with Crippen LogP contribution in [0.2, 0.25) is 0 Å². The van der Waals surface area contributed by atoms with E-state index in [2.05, 4.69) is 16.9 Å². The lowest BCUT2D eigenvalue weighted by molar-refractivity contribution is 0.0837. The number of amides is 1. The number of aliphatic hydroxyl groups is 1. The number of fused-ring (bicyclic) bond motifs is 1. The Hall–Kier alpha value is -4.80. The molecule has 1 unspecified atom stereocenters. The molecule has 174 valence electrons. The van der Waals surface area contributed by atoms with Gasteiger partial charge in [0.1, 0.15) is 28.8 Å². The first-order chi connectivity index (χ1) is 16.7. The van der Waals surface area contributed by atoms with E-state index in [1.807, 2.05) is 6.07 Å². The van der Waals surface area contributed by atoms with Crippen LogP contribution in [0.5, 0.6) is 0 Å². The fraction of sp³-hybridized carbons (Fsp3) is 0.120. The third-order valence-corrected chi connectivity index (χ3v) is 5.54. The molecule has 0 aliphatic rings. The molecule has 0 saturated heterocycles. The Labute approximate surface area is 197 Å². The number of aromatic nitrogens is 3. The van der Waals surface area contributed by atoms with Gasteiger partial charge in [-0.2, -0.15) is 10.4 Å². The highest BCUT2D eigenvalue weighted by atomic mass is 19.1. The molecule has 35 heavy (non-hydrogen) atoms. The average molecular weight is 473 g/mol. The van der Waals surface area contributed by atoms with Crippen molar-refractivity contribution in [2.45, 2.75) is 12.0 Å².